The van der Waals surface area contributed by atoms with Crippen molar-refractivity contribution in [3.63, 3.8) is 0 Å². The van der Waals surface area contributed by atoms with Gasteiger partial charge in [-0.25, -0.2) is 18.0 Å². The van der Waals surface area contributed by atoms with E-state index in [1.54, 1.807) is 0 Å². The molecule has 12 heteroatoms. The first kappa shape index (κ1) is 18.6. The summed E-state index contributed by atoms with van der Waals surface area (Å²) >= 11 is 0. The Labute approximate surface area is 122 Å². The molecule has 1 amide bonds. The Kier molecular flexibility index (Phi) is 5.17. The van der Waals surface area contributed by atoms with E-state index < -0.39 is 58.9 Å². The Balaban J connectivity index is 3.01. The van der Waals surface area contributed by atoms with Gasteiger partial charge in [0.2, 0.25) is 34.8 Å². The predicted molar refractivity (Wildman–Crippen MR) is 55.5 cm³/mol. The summed E-state index contributed by atoms with van der Waals surface area (Å²) in [6, 6.07) is -2.08. The molecule has 128 valence electrons. The van der Waals surface area contributed by atoms with Gasteiger partial charge in [-0.05, 0) is 6.92 Å². The van der Waals surface area contributed by atoms with E-state index in [2.05, 4.69) is 4.74 Å². The number of ether oxygens (including phenoxy) is 1. The zero-order valence-corrected chi connectivity index (χ0v) is 10.8. The van der Waals surface area contributed by atoms with Gasteiger partial charge in [0, 0.05) is 0 Å². The van der Waals surface area contributed by atoms with E-state index in [4.69, 9.17) is 0 Å². The van der Waals surface area contributed by atoms with Crippen LogP contribution in [0.4, 0.5) is 35.1 Å². The van der Waals surface area contributed by atoms with Crippen LogP contribution >= 0.6 is 0 Å². The summed E-state index contributed by atoms with van der Waals surface area (Å²) in [5, 5.41) is 1.07. The van der Waals surface area contributed by atoms with Crippen LogP contribution in [0.3, 0.4) is 0 Å². The number of hydrogen-bond acceptors (Lipinski definition) is 3. The van der Waals surface area contributed by atoms with E-state index in [1.807, 2.05) is 0 Å². The molecule has 1 aromatic rings. The Morgan fingerprint density at radius 2 is 1.30 bits per heavy atom. The lowest BCUT2D eigenvalue weighted by Crippen LogP contribution is -2.46. The lowest BCUT2D eigenvalue weighted by Gasteiger charge is -2.15. The minimum Gasteiger partial charge on any atom is -0.418 e. The highest BCUT2D eigenvalue weighted by atomic mass is 19.4. The molecule has 0 saturated carbocycles. The lowest BCUT2D eigenvalue weighted by atomic mass is 10.2. The van der Waals surface area contributed by atoms with Gasteiger partial charge in [0.15, 0.2) is 0 Å². The lowest BCUT2D eigenvalue weighted by molar-refractivity contribution is -0.175. The number of amides is 1. The quantitative estimate of drug-likeness (QED) is 0.299. The molecule has 0 radical (unpaired) electrons. The molecule has 0 aliphatic heterocycles. The highest BCUT2D eigenvalue weighted by Gasteiger charge is 2.40. The summed E-state index contributed by atoms with van der Waals surface area (Å²) in [5.74, 6) is -18.8. The van der Waals surface area contributed by atoms with Crippen molar-refractivity contribution < 1.29 is 49.4 Å². The maximum atomic E-state index is 13.2. The minimum absolute atomic E-state index is 0.637. The number of alkyl halides is 3. The largest absolute Gasteiger partial charge is 0.471 e. The number of halogens is 8. The number of benzene rings is 1. The van der Waals surface area contributed by atoms with Gasteiger partial charge >= 0.3 is 18.1 Å². The number of nitrogens with one attached hydrogen (secondary N) is 1. The molecule has 0 aromatic heterocycles. The van der Waals surface area contributed by atoms with E-state index in [9.17, 15) is 44.7 Å². The summed E-state index contributed by atoms with van der Waals surface area (Å²) < 4.78 is 105. The monoisotopic (exact) mass is 351 g/mol. The highest BCUT2D eigenvalue weighted by Crippen LogP contribution is 2.29. The van der Waals surface area contributed by atoms with Crippen LogP contribution in [0.25, 0.3) is 0 Å². The van der Waals surface area contributed by atoms with Crippen LogP contribution < -0.4 is 10.1 Å². The van der Waals surface area contributed by atoms with Crippen molar-refractivity contribution in [2.24, 2.45) is 0 Å². The molecule has 1 rings (SSSR count). The first-order chi connectivity index (χ1) is 10.4. The van der Waals surface area contributed by atoms with Crippen molar-refractivity contribution in [2.45, 2.75) is 19.1 Å². The Morgan fingerprint density at radius 1 is 0.913 bits per heavy atom. The molecule has 23 heavy (non-hydrogen) atoms. The first-order valence-electron chi connectivity index (χ1n) is 5.48. The van der Waals surface area contributed by atoms with Crippen molar-refractivity contribution in [2.75, 3.05) is 0 Å². The van der Waals surface area contributed by atoms with Crippen molar-refractivity contribution in [1.29, 1.82) is 0 Å². The van der Waals surface area contributed by atoms with E-state index in [-0.39, 0.29) is 0 Å². The van der Waals surface area contributed by atoms with Gasteiger partial charge in [0.05, 0.1) is 0 Å². The van der Waals surface area contributed by atoms with Crippen LogP contribution in [0.2, 0.25) is 0 Å². The SMILES string of the molecule is C[C@H](NC(=O)C(F)(F)F)C(=O)Oc1c(F)c(F)c(F)c(F)c1F. The van der Waals surface area contributed by atoms with Gasteiger partial charge in [-0.3, -0.25) is 4.79 Å². The van der Waals surface area contributed by atoms with Crippen LogP contribution in [-0.2, 0) is 9.59 Å². The van der Waals surface area contributed by atoms with Gasteiger partial charge < -0.3 is 10.1 Å². The van der Waals surface area contributed by atoms with Gasteiger partial charge in [-0.2, -0.15) is 22.0 Å². The molecule has 0 aliphatic rings. The van der Waals surface area contributed by atoms with E-state index >= 15 is 0 Å². The van der Waals surface area contributed by atoms with Crippen LogP contribution in [0.15, 0.2) is 0 Å². The second-order valence-corrected chi connectivity index (χ2v) is 4.01. The molecule has 0 heterocycles. The van der Waals surface area contributed by atoms with Gasteiger partial charge in [0.1, 0.15) is 6.04 Å². The molecular weight excluding hydrogens is 346 g/mol. The minimum atomic E-state index is -5.36. The molecule has 0 saturated heterocycles. The predicted octanol–water partition coefficient (Wildman–Crippen LogP) is 2.35. The summed E-state index contributed by atoms with van der Waals surface area (Å²) in [6.45, 7) is 0.637. The topological polar surface area (TPSA) is 55.4 Å². The maximum Gasteiger partial charge on any atom is 0.471 e. The summed E-state index contributed by atoms with van der Waals surface area (Å²) in [6.07, 6.45) is -5.36. The number of esters is 1. The molecular formula is C11H5F8NO3. The molecule has 0 aliphatic carbocycles. The van der Waals surface area contributed by atoms with E-state index in [0.717, 1.165) is 5.32 Å². The number of rotatable bonds is 3. The fraction of sp³-hybridized carbons (Fsp3) is 0.273. The van der Waals surface area contributed by atoms with Crippen LogP contribution in [-0.4, -0.2) is 24.1 Å². The average Bonchev–Trinajstić information content (AvgIpc) is 2.46. The number of carbonyl (C=O) groups excluding carboxylic acids is 2. The molecule has 1 N–H and O–H groups in total. The second kappa shape index (κ2) is 6.38. The highest BCUT2D eigenvalue weighted by molar-refractivity contribution is 5.88. The van der Waals surface area contributed by atoms with Crippen LogP contribution in [0, 0.1) is 29.1 Å². The van der Waals surface area contributed by atoms with E-state index in [0.29, 0.717) is 6.92 Å². The smallest absolute Gasteiger partial charge is 0.418 e. The molecule has 0 bridgehead atoms. The number of carbonyl (C=O) groups is 2. The summed E-state index contributed by atoms with van der Waals surface area (Å²) in [4.78, 5) is 21.9. The van der Waals surface area contributed by atoms with Crippen LogP contribution in [0.1, 0.15) is 6.92 Å². The maximum absolute atomic E-state index is 13.2. The van der Waals surface area contributed by atoms with Gasteiger partial charge in [-0.15, -0.1) is 0 Å². The van der Waals surface area contributed by atoms with Gasteiger partial charge in [-0.1, -0.05) is 0 Å². The fourth-order valence-electron chi connectivity index (χ4n) is 1.20. The molecule has 0 fully saturated rings. The molecule has 4 nitrogen and oxygen atoms in total. The van der Waals surface area contributed by atoms with Crippen molar-refractivity contribution in [1.82, 2.24) is 5.32 Å². The summed E-state index contributed by atoms with van der Waals surface area (Å²) in [5.41, 5.74) is 0. The fourth-order valence-corrected chi connectivity index (χ4v) is 1.20. The molecule has 0 spiro atoms. The normalized spacial score (nSPS) is 12.7. The Hall–Kier alpha value is -2.40. The molecule has 0 unspecified atom stereocenters. The molecule has 1 aromatic carbocycles. The third kappa shape index (κ3) is 3.87. The Bertz CT molecular complexity index is 629. The average molecular weight is 351 g/mol. The summed E-state index contributed by atoms with van der Waals surface area (Å²) in [7, 11) is 0. The van der Waals surface area contributed by atoms with Crippen molar-refractivity contribution >= 4 is 11.9 Å². The van der Waals surface area contributed by atoms with Crippen molar-refractivity contribution in [3.05, 3.63) is 29.1 Å². The Morgan fingerprint density at radius 3 is 1.70 bits per heavy atom. The third-order valence-corrected chi connectivity index (χ3v) is 2.33. The molecule has 1 atom stereocenters. The first-order valence-corrected chi connectivity index (χ1v) is 5.48. The number of hydrogen-bond donors (Lipinski definition) is 1. The third-order valence-electron chi connectivity index (χ3n) is 2.33. The zero-order chi connectivity index (χ0) is 18.1. The van der Waals surface area contributed by atoms with E-state index in [1.165, 1.54) is 0 Å². The standard InChI is InChI=1S/C11H5F8NO3/c1-2(20-10(22)11(17,18)19)9(21)23-8-6(15)4(13)3(12)5(14)7(8)16/h2H,1H3,(H,20,22)/t2-/m0/s1. The second-order valence-electron chi connectivity index (χ2n) is 4.01. The van der Waals surface area contributed by atoms with Crippen LogP contribution in [0.5, 0.6) is 5.75 Å². The zero-order valence-electron chi connectivity index (χ0n) is 10.8. The van der Waals surface area contributed by atoms with Gasteiger partial charge in [0.25, 0.3) is 0 Å². The van der Waals surface area contributed by atoms with Crippen molar-refractivity contribution in [3.8, 4) is 5.75 Å².